The number of pyridine rings is 1. The Bertz CT molecular complexity index is 778. The average molecular weight is 373 g/mol. The molecule has 0 aliphatic rings. The lowest BCUT2D eigenvalue weighted by atomic mass is 10.3. The van der Waals surface area contributed by atoms with Crippen molar-refractivity contribution in [2.45, 2.75) is 34.1 Å². The second-order valence-electron chi connectivity index (χ2n) is 6.56. The fraction of sp³-hybridized carbons (Fsp3) is 0.550. The molecule has 0 saturated heterocycles. The van der Waals surface area contributed by atoms with Crippen LogP contribution in [0.1, 0.15) is 32.0 Å². The van der Waals surface area contributed by atoms with E-state index in [2.05, 4.69) is 33.9 Å². The van der Waals surface area contributed by atoms with Crippen molar-refractivity contribution in [3.8, 4) is 0 Å². The van der Waals surface area contributed by atoms with Crippen LogP contribution < -0.4 is 5.32 Å². The van der Waals surface area contributed by atoms with E-state index in [9.17, 15) is 4.79 Å². The SMILES string of the molecule is CCNC(=NCCc1cn2cccc(C)c2n1)N(C)CC(=O)N(CC)CC. The van der Waals surface area contributed by atoms with E-state index in [1.807, 2.05) is 49.9 Å². The first-order valence-corrected chi connectivity index (χ1v) is 9.70. The quantitative estimate of drug-likeness (QED) is 0.568. The van der Waals surface area contributed by atoms with Gasteiger partial charge < -0.3 is 19.5 Å². The molecule has 0 aromatic carbocycles. The predicted molar refractivity (Wildman–Crippen MR) is 110 cm³/mol. The highest BCUT2D eigenvalue weighted by Gasteiger charge is 2.15. The summed E-state index contributed by atoms with van der Waals surface area (Å²) in [6.07, 6.45) is 4.82. The summed E-state index contributed by atoms with van der Waals surface area (Å²) in [4.78, 5) is 25.4. The topological polar surface area (TPSA) is 65.2 Å². The number of carbonyl (C=O) groups is 1. The minimum absolute atomic E-state index is 0.115. The number of aliphatic imine (C=N–C) groups is 1. The number of guanidine groups is 1. The average Bonchev–Trinajstić information content (AvgIpc) is 3.06. The molecule has 0 aliphatic carbocycles. The van der Waals surface area contributed by atoms with Gasteiger partial charge in [0.05, 0.1) is 12.2 Å². The van der Waals surface area contributed by atoms with Gasteiger partial charge in [0.1, 0.15) is 5.65 Å². The largest absolute Gasteiger partial charge is 0.357 e. The fourth-order valence-electron chi connectivity index (χ4n) is 3.02. The molecule has 7 heteroatoms. The number of nitrogens with zero attached hydrogens (tertiary/aromatic N) is 5. The van der Waals surface area contributed by atoms with Crippen LogP contribution in [0.25, 0.3) is 5.65 Å². The maximum absolute atomic E-state index is 12.3. The molecular formula is C20H32N6O. The molecule has 2 rings (SSSR count). The van der Waals surface area contributed by atoms with Crippen LogP contribution in [0.2, 0.25) is 0 Å². The Balaban J connectivity index is 2.01. The Labute approximate surface area is 162 Å². The molecule has 0 atom stereocenters. The van der Waals surface area contributed by atoms with Gasteiger partial charge in [-0.05, 0) is 39.3 Å². The number of carbonyl (C=O) groups excluding carboxylic acids is 1. The summed E-state index contributed by atoms with van der Waals surface area (Å²) >= 11 is 0. The summed E-state index contributed by atoms with van der Waals surface area (Å²) in [6.45, 7) is 11.2. The maximum atomic E-state index is 12.3. The summed E-state index contributed by atoms with van der Waals surface area (Å²) in [5.41, 5.74) is 3.17. The highest BCUT2D eigenvalue weighted by Crippen LogP contribution is 2.10. The number of aryl methyl sites for hydroxylation is 1. The molecule has 1 amide bonds. The lowest BCUT2D eigenvalue weighted by molar-refractivity contribution is -0.131. The Morgan fingerprint density at radius 2 is 2.04 bits per heavy atom. The molecule has 27 heavy (non-hydrogen) atoms. The Hall–Kier alpha value is -2.57. The molecule has 0 aliphatic heterocycles. The van der Waals surface area contributed by atoms with Gasteiger partial charge in [-0.25, -0.2) is 4.98 Å². The van der Waals surface area contributed by atoms with Crippen molar-refractivity contribution in [2.75, 3.05) is 39.8 Å². The van der Waals surface area contributed by atoms with Gasteiger partial charge in [-0.15, -0.1) is 0 Å². The van der Waals surface area contributed by atoms with E-state index in [0.29, 0.717) is 13.1 Å². The standard InChI is InChI=1S/C20H32N6O/c1-6-21-20(24(5)15-18(27)25(7-2)8-3)22-12-11-17-14-26-13-9-10-16(4)19(26)23-17/h9-10,13-14H,6-8,11-12,15H2,1-5H3,(H,21,22). The van der Waals surface area contributed by atoms with Gasteiger partial charge >= 0.3 is 0 Å². The molecule has 0 unspecified atom stereocenters. The van der Waals surface area contributed by atoms with Crippen molar-refractivity contribution >= 4 is 17.5 Å². The second kappa shape index (κ2) is 9.94. The van der Waals surface area contributed by atoms with Crippen molar-refractivity contribution < 1.29 is 4.79 Å². The number of fused-ring (bicyclic) bond motifs is 1. The number of hydrogen-bond donors (Lipinski definition) is 1. The smallest absolute Gasteiger partial charge is 0.242 e. The van der Waals surface area contributed by atoms with Crippen LogP contribution in [0.15, 0.2) is 29.5 Å². The molecular weight excluding hydrogens is 340 g/mol. The van der Waals surface area contributed by atoms with Crippen molar-refractivity contribution in [1.82, 2.24) is 24.5 Å². The van der Waals surface area contributed by atoms with Crippen molar-refractivity contribution in [1.29, 1.82) is 0 Å². The van der Waals surface area contributed by atoms with E-state index < -0.39 is 0 Å². The predicted octanol–water partition coefficient (Wildman–Crippen LogP) is 1.95. The van der Waals surface area contributed by atoms with Crippen LogP contribution in [-0.4, -0.2) is 70.8 Å². The molecule has 0 fully saturated rings. The number of aromatic nitrogens is 2. The van der Waals surface area contributed by atoms with E-state index in [1.165, 1.54) is 0 Å². The van der Waals surface area contributed by atoms with Crippen LogP contribution in [0.4, 0.5) is 0 Å². The lowest BCUT2D eigenvalue weighted by Gasteiger charge is -2.25. The first-order valence-electron chi connectivity index (χ1n) is 9.70. The maximum Gasteiger partial charge on any atom is 0.242 e. The van der Waals surface area contributed by atoms with Crippen LogP contribution in [0.3, 0.4) is 0 Å². The minimum Gasteiger partial charge on any atom is -0.357 e. The highest BCUT2D eigenvalue weighted by molar-refractivity contribution is 5.86. The van der Waals surface area contributed by atoms with Crippen molar-refractivity contribution in [2.24, 2.45) is 4.99 Å². The second-order valence-corrected chi connectivity index (χ2v) is 6.56. The number of likely N-dealkylation sites (N-methyl/N-ethyl adjacent to an activating group) is 2. The molecule has 2 heterocycles. The molecule has 1 N–H and O–H groups in total. The van der Waals surface area contributed by atoms with E-state index in [-0.39, 0.29) is 5.91 Å². The number of nitrogens with one attached hydrogen (secondary N) is 1. The third-order valence-corrected chi connectivity index (χ3v) is 4.54. The fourth-order valence-corrected chi connectivity index (χ4v) is 3.02. The van der Waals surface area contributed by atoms with Gasteiger partial charge in [0.2, 0.25) is 5.91 Å². The highest BCUT2D eigenvalue weighted by atomic mass is 16.2. The number of amides is 1. The molecule has 0 spiro atoms. The monoisotopic (exact) mass is 372 g/mol. The molecule has 2 aromatic rings. The third-order valence-electron chi connectivity index (χ3n) is 4.54. The number of hydrogen-bond acceptors (Lipinski definition) is 3. The zero-order chi connectivity index (χ0) is 19.8. The molecule has 0 radical (unpaired) electrons. The number of imidazole rings is 1. The zero-order valence-electron chi connectivity index (χ0n) is 17.2. The summed E-state index contributed by atoms with van der Waals surface area (Å²) in [7, 11) is 1.90. The Morgan fingerprint density at radius 3 is 2.67 bits per heavy atom. The summed E-state index contributed by atoms with van der Waals surface area (Å²) in [6, 6.07) is 4.09. The number of rotatable bonds is 8. The summed E-state index contributed by atoms with van der Waals surface area (Å²) in [5.74, 6) is 0.863. The summed E-state index contributed by atoms with van der Waals surface area (Å²) < 4.78 is 2.05. The lowest BCUT2D eigenvalue weighted by Crippen LogP contribution is -2.45. The molecule has 148 valence electrons. The third kappa shape index (κ3) is 5.45. The minimum atomic E-state index is 0.115. The van der Waals surface area contributed by atoms with E-state index in [1.54, 1.807) is 0 Å². The van der Waals surface area contributed by atoms with Crippen LogP contribution in [-0.2, 0) is 11.2 Å². The molecule has 0 bridgehead atoms. The van der Waals surface area contributed by atoms with Gasteiger partial charge in [0.25, 0.3) is 0 Å². The van der Waals surface area contributed by atoms with Gasteiger partial charge in [0, 0.05) is 52.0 Å². The molecule has 2 aromatic heterocycles. The van der Waals surface area contributed by atoms with Gasteiger partial charge in [-0.2, -0.15) is 0 Å². The van der Waals surface area contributed by atoms with Crippen LogP contribution >= 0.6 is 0 Å². The van der Waals surface area contributed by atoms with Crippen molar-refractivity contribution in [3.63, 3.8) is 0 Å². The molecule has 0 saturated carbocycles. The van der Waals surface area contributed by atoms with Crippen LogP contribution in [0.5, 0.6) is 0 Å². The zero-order valence-corrected chi connectivity index (χ0v) is 17.2. The van der Waals surface area contributed by atoms with Gasteiger partial charge in [-0.3, -0.25) is 9.79 Å². The first kappa shape index (κ1) is 20.7. The Kier molecular flexibility index (Phi) is 7.64. The normalized spacial score (nSPS) is 11.7. The van der Waals surface area contributed by atoms with Gasteiger partial charge in [-0.1, -0.05) is 6.07 Å². The summed E-state index contributed by atoms with van der Waals surface area (Å²) in [5, 5.41) is 3.26. The molecule has 7 nitrogen and oxygen atoms in total. The van der Waals surface area contributed by atoms with Crippen LogP contribution in [0, 0.1) is 6.92 Å². The first-order chi connectivity index (χ1) is 13.0. The van der Waals surface area contributed by atoms with E-state index in [4.69, 9.17) is 4.98 Å². The van der Waals surface area contributed by atoms with E-state index in [0.717, 1.165) is 48.9 Å². The Morgan fingerprint density at radius 1 is 1.30 bits per heavy atom. The van der Waals surface area contributed by atoms with Crippen molar-refractivity contribution in [3.05, 3.63) is 35.8 Å². The van der Waals surface area contributed by atoms with E-state index >= 15 is 0 Å². The van der Waals surface area contributed by atoms with Gasteiger partial charge in [0.15, 0.2) is 5.96 Å².